The number of unbranched alkanes of at least 4 members (excludes halogenated alkanes) is 1. The number of phenols is 1. The summed E-state index contributed by atoms with van der Waals surface area (Å²) in [6.07, 6.45) is 3.26. The highest BCUT2D eigenvalue weighted by atomic mass is 32.2. The molecule has 0 aromatic heterocycles. The molecule has 13 atom stereocenters. The second-order valence-electron chi connectivity index (χ2n) is 25.8. The van der Waals surface area contributed by atoms with Crippen LogP contribution in [0.25, 0.3) is 0 Å². The maximum atomic E-state index is 13.9. The van der Waals surface area contributed by atoms with Gasteiger partial charge in [-0.1, -0.05) is 60.1 Å². The molecule has 0 bridgehead atoms. The average molecular weight is 1500 g/mol. The number of carboxylic acid groups (broad SMARTS) is 2. The molecule has 0 saturated carbocycles. The van der Waals surface area contributed by atoms with Crippen molar-refractivity contribution in [2.75, 3.05) is 57.1 Å². The SMILES string of the molecule is CC[C@H](C)[C@H](NC(=O)[C@H](CC(C)C)NC(=O)[C@H](CO)NC(=O)[C@@H]1CCCN1)C(=O)NCC(=O)N[C@@H](CC(C)C)C(=O)N[C@@H](C)C(=O)N[C@@H](CCSC)C(=O)N[C@@H](CS)C(=O)N[C@@H](CC(=O)O)C(=O)N[C@@H](C)C(=O)NCC(=O)NCC(=O)N[C@@H](Cc1ccc(O)cc1)C(=O)N[C@@H](CCCCN)C(=O)O. The van der Waals surface area contributed by atoms with E-state index >= 15 is 0 Å². The fourth-order valence-corrected chi connectivity index (χ4v) is 10.8. The number of nitrogens with one attached hydrogen (secondary N) is 15. The van der Waals surface area contributed by atoms with E-state index in [2.05, 4.69) is 92.4 Å². The van der Waals surface area contributed by atoms with Gasteiger partial charge in [-0.05, 0) is 126 Å². The van der Waals surface area contributed by atoms with Gasteiger partial charge in [-0.3, -0.25) is 71.9 Å². The van der Waals surface area contributed by atoms with Crippen LogP contribution in [0.5, 0.6) is 5.75 Å². The van der Waals surface area contributed by atoms with Gasteiger partial charge in [0.15, 0.2) is 0 Å². The second-order valence-corrected chi connectivity index (χ2v) is 27.1. The van der Waals surface area contributed by atoms with Crippen molar-refractivity contribution in [3.05, 3.63) is 29.8 Å². The van der Waals surface area contributed by atoms with E-state index in [-0.39, 0.29) is 55.4 Å². The van der Waals surface area contributed by atoms with Crippen molar-refractivity contribution in [1.29, 1.82) is 0 Å². The van der Waals surface area contributed by atoms with E-state index in [9.17, 15) is 97.1 Å². The fraction of sp³-hybridized carbons (Fsp3) is 0.662. The van der Waals surface area contributed by atoms with Gasteiger partial charge < -0.3 is 106 Å². The van der Waals surface area contributed by atoms with Crippen LogP contribution in [0.4, 0.5) is 0 Å². The second kappa shape index (κ2) is 47.4. The van der Waals surface area contributed by atoms with Gasteiger partial charge >= 0.3 is 11.9 Å². The normalized spacial score (nSPS) is 16.0. The number of carbonyl (C=O) groups excluding carboxylic acids is 14. The number of phenolic OH excluding ortho intramolecular Hbond substituents is 1. The Morgan fingerprint density at radius 3 is 1.57 bits per heavy atom. The molecule has 1 heterocycles. The Hall–Kier alpha value is -8.88. The Labute approximate surface area is 608 Å². The first-order valence-corrected chi connectivity index (χ1v) is 36.1. The van der Waals surface area contributed by atoms with Crippen LogP contribution in [-0.4, -0.2) is 245 Å². The number of rotatable bonds is 48. The Balaban J connectivity index is 2.08. The Morgan fingerprint density at radius 1 is 0.544 bits per heavy atom. The van der Waals surface area contributed by atoms with E-state index in [1.807, 2.05) is 0 Å². The zero-order valence-electron chi connectivity index (χ0n) is 59.7. The summed E-state index contributed by atoms with van der Waals surface area (Å²) in [6, 6.07) is -10.3. The number of amides is 14. The Bertz CT molecular complexity index is 3050. The summed E-state index contributed by atoms with van der Waals surface area (Å²) in [5.74, 6) is -16.2. The number of aliphatic hydroxyl groups excluding tert-OH is 1. The molecule has 1 aromatic carbocycles. The molecule has 1 fully saturated rings. The third kappa shape index (κ3) is 34.3. The summed E-state index contributed by atoms with van der Waals surface area (Å²) in [5, 5.41) is 76.2. The monoisotopic (exact) mass is 1490 g/mol. The van der Waals surface area contributed by atoms with Crippen LogP contribution >= 0.6 is 24.4 Å². The highest BCUT2D eigenvalue weighted by Gasteiger charge is 2.37. The van der Waals surface area contributed by atoms with Crippen LogP contribution in [-0.2, 0) is 83.1 Å². The Kier molecular flexibility index (Phi) is 41.5. The van der Waals surface area contributed by atoms with Gasteiger partial charge in [0.2, 0.25) is 82.7 Å². The van der Waals surface area contributed by atoms with Crippen LogP contribution in [0.15, 0.2) is 24.3 Å². The molecule has 38 heteroatoms. The van der Waals surface area contributed by atoms with E-state index in [1.165, 1.54) is 43.0 Å². The molecular weight excluding hydrogens is 1390 g/mol. The molecule has 0 unspecified atom stereocenters. The third-order valence-corrected chi connectivity index (χ3v) is 17.2. The summed E-state index contributed by atoms with van der Waals surface area (Å²) >= 11 is 5.46. The van der Waals surface area contributed by atoms with Crippen molar-refractivity contribution in [1.82, 2.24) is 79.8 Å². The number of nitrogens with two attached hydrogens (primary N) is 1. The van der Waals surface area contributed by atoms with Crippen molar-refractivity contribution in [3.63, 3.8) is 0 Å². The molecule has 36 nitrogen and oxygen atoms in total. The molecular formula is C65H106N16O20S2. The Morgan fingerprint density at radius 2 is 1.03 bits per heavy atom. The zero-order chi connectivity index (χ0) is 77.6. The summed E-state index contributed by atoms with van der Waals surface area (Å²) in [5.41, 5.74) is 5.99. The number of thioether (sulfide) groups is 1. The van der Waals surface area contributed by atoms with Crippen LogP contribution in [0.3, 0.4) is 0 Å². The van der Waals surface area contributed by atoms with E-state index in [4.69, 9.17) is 5.73 Å². The summed E-state index contributed by atoms with van der Waals surface area (Å²) in [6.45, 7) is 11.0. The highest BCUT2D eigenvalue weighted by Crippen LogP contribution is 2.15. The molecule has 14 amide bonds. The van der Waals surface area contributed by atoms with Gasteiger partial charge in [0, 0.05) is 12.2 Å². The van der Waals surface area contributed by atoms with Crippen LogP contribution < -0.4 is 85.5 Å². The van der Waals surface area contributed by atoms with E-state index in [0.29, 0.717) is 44.3 Å². The quantitative estimate of drug-likeness (QED) is 0.0214. The van der Waals surface area contributed by atoms with Gasteiger partial charge in [-0.25, -0.2) is 4.79 Å². The van der Waals surface area contributed by atoms with Gasteiger partial charge in [-0.2, -0.15) is 24.4 Å². The lowest BCUT2D eigenvalue weighted by atomic mass is 9.96. The van der Waals surface area contributed by atoms with Crippen molar-refractivity contribution in [2.45, 2.75) is 199 Å². The maximum Gasteiger partial charge on any atom is 0.326 e. The average Bonchev–Trinajstić information content (AvgIpc) is 1.51. The van der Waals surface area contributed by atoms with Crippen LogP contribution in [0, 0.1) is 17.8 Å². The first-order valence-electron chi connectivity index (χ1n) is 34.1. The van der Waals surface area contributed by atoms with Crippen molar-refractivity contribution < 1.29 is 97.1 Å². The van der Waals surface area contributed by atoms with Gasteiger partial charge in [0.05, 0.1) is 38.7 Å². The lowest BCUT2D eigenvalue weighted by Crippen LogP contribution is -2.60. The molecule has 1 saturated heterocycles. The fourth-order valence-electron chi connectivity index (χ4n) is 10.1. The number of hydrogen-bond donors (Lipinski definition) is 21. The predicted molar refractivity (Wildman–Crippen MR) is 380 cm³/mol. The molecule has 0 radical (unpaired) electrons. The van der Waals surface area contributed by atoms with Crippen molar-refractivity contribution in [2.24, 2.45) is 23.5 Å². The topological polar surface area (TPSA) is 561 Å². The zero-order valence-corrected chi connectivity index (χ0v) is 61.4. The lowest BCUT2D eigenvalue weighted by Gasteiger charge is -2.28. The first-order chi connectivity index (χ1) is 48.6. The number of aromatic hydroxyl groups is 1. The minimum atomic E-state index is -1.87. The first kappa shape index (κ1) is 90.2. The van der Waals surface area contributed by atoms with Crippen LogP contribution in [0.1, 0.15) is 125 Å². The third-order valence-electron chi connectivity index (χ3n) is 16.1. The molecule has 1 aromatic rings. The standard InChI is InChI=1S/C65H106N16O20S2/c1-10-35(6)53(81-61(96)44(25-34(4)5)77-62(97)47(31-82)79-56(91)40-15-13-22-67-40)64(99)70-30-51(86)73-43(24-33(2)3)58(93)72-37(8)55(90)75-41(20-23-103-9)57(92)80-48(32-102)63(98)78-46(27-52(87)88)59(94)71-36(7)54(89)69-28-49(84)68-29-50(85)74-45(26-38-16-18-39(83)19-17-38)60(95)76-42(65(100)101)14-11-12-21-66/h16-19,33-37,40-48,53,67,82-83,102H,10-15,20-32,66H2,1-9H3,(H,68,84)(H,69,89)(H,70,99)(H,71,94)(H,72,93)(H,73,86)(H,74,85)(H,75,90)(H,76,95)(H,77,97)(H,78,98)(H,79,91)(H,80,92)(H,81,96)(H,87,88)(H,100,101)/t35-,36-,37-,40-,41-,42-,43-,44-,45-,46-,47-,48-,53-/m0/s1. The molecule has 0 aliphatic carbocycles. The van der Waals surface area contributed by atoms with Gasteiger partial charge in [0.25, 0.3) is 0 Å². The number of thiol groups is 1. The number of carbonyl (C=O) groups is 16. The molecule has 1 aliphatic rings. The molecule has 2 rings (SSSR count). The molecule has 0 spiro atoms. The van der Waals surface area contributed by atoms with E-state index in [1.54, 1.807) is 47.8 Å². The molecule has 578 valence electrons. The lowest BCUT2D eigenvalue weighted by molar-refractivity contribution is -0.142. The van der Waals surface area contributed by atoms with E-state index < -0.39 is 211 Å². The smallest absolute Gasteiger partial charge is 0.326 e. The van der Waals surface area contributed by atoms with Gasteiger partial charge in [0.1, 0.15) is 72.2 Å². The number of aliphatic hydroxyl groups is 1. The van der Waals surface area contributed by atoms with E-state index in [0.717, 1.165) is 13.3 Å². The highest BCUT2D eigenvalue weighted by molar-refractivity contribution is 7.98. The summed E-state index contributed by atoms with van der Waals surface area (Å²) < 4.78 is 0. The predicted octanol–water partition coefficient (Wildman–Crippen LogP) is -5.09. The number of benzene rings is 1. The number of aliphatic carboxylic acids is 2. The number of carboxylic acids is 2. The summed E-state index contributed by atoms with van der Waals surface area (Å²) in [4.78, 5) is 212. The molecule has 1 aliphatic heterocycles. The maximum absolute atomic E-state index is 13.9. The largest absolute Gasteiger partial charge is 0.508 e. The minimum absolute atomic E-state index is 0.0293. The molecule has 21 N–H and O–H groups in total. The van der Waals surface area contributed by atoms with Crippen LogP contribution in [0.2, 0.25) is 0 Å². The van der Waals surface area contributed by atoms with Gasteiger partial charge in [-0.15, -0.1) is 0 Å². The summed E-state index contributed by atoms with van der Waals surface area (Å²) in [7, 11) is 0. The molecule has 103 heavy (non-hydrogen) atoms. The number of hydrogen-bond acceptors (Lipinski definition) is 22. The van der Waals surface area contributed by atoms with Crippen molar-refractivity contribution in [3.8, 4) is 5.75 Å². The van der Waals surface area contributed by atoms with Crippen molar-refractivity contribution >= 4 is 119 Å². The minimum Gasteiger partial charge on any atom is -0.508 e.